The molecular weight excluding hydrogens is 404 g/mol. The Balaban J connectivity index is 2.30. The van der Waals surface area contributed by atoms with Gasteiger partial charge in [0.2, 0.25) is 0 Å². The maximum absolute atomic E-state index is 9.92. The third-order valence-corrected chi connectivity index (χ3v) is 5.58. The fourth-order valence-electron chi connectivity index (χ4n) is 4.14. The van der Waals surface area contributed by atoms with Gasteiger partial charge < -0.3 is 52.5 Å². The van der Waals surface area contributed by atoms with Gasteiger partial charge in [-0.1, -0.05) is 0 Å². The summed E-state index contributed by atoms with van der Waals surface area (Å²) in [6.07, 6.45) is -6.27. The molecule has 178 valence electrons. The molecule has 0 aromatic carbocycles. The van der Waals surface area contributed by atoms with Crippen LogP contribution in [0.2, 0.25) is 0 Å². The third-order valence-electron chi connectivity index (χ3n) is 5.58. The van der Waals surface area contributed by atoms with E-state index in [1.165, 1.54) is 28.4 Å². The van der Waals surface area contributed by atoms with E-state index in [1.54, 1.807) is 21.3 Å². The minimum Gasteiger partial charge on any atom is -0.394 e. The fourth-order valence-corrected chi connectivity index (χ4v) is 4.14. The first-order valence-electron chi connectivity index (χ1n) is 9.77. The zero-order valence-electron chi connectivity index (χ0n) is 18.7. The molecule has 2 rings (SSSR count). The van der Waals surface area contributed by atoms with Crippen LogP contribution < -0.4 is 0 Å². The van der Waals surface area contributed by atoms with Crippen molar-refractivity contribution in [2.45, 2.75) is 61.4 Å². The largest absolute Gasteiger partial charge is 0.394 e. The minimum absolute atomic E-state index is 0.263. The number of ether oxygens (including phenoxy) is 10. The van der Waals surface area contributed by atoms with E-state index in [1.807, 2.05) is 0 Å². The number of aliphatic hydroxyl groups excluding tert-OH is 1. The molecule has 0 bridgehead atoms. The van der Waals surface area contributed by atoms with Gasteiger partial charge in [-0.3, -0.25) is 0 Å². The lowest BCUT2D eigenvalue weighted by molar-refractivity contribution is -0.365. The van der Waals surface area contributed by atoms with Crippen LogP contribution in [0, 0.1) is 0 Å². The molecule has 30 heavy (non-hydrogen) atoms. The predicted molar refractivity (Wildman–Crippen MR) is 102 cm³/mol. The van der Waals surface area contributed by atoms with Crippen molar-refractivity contribution < 1.29 is 52.5 Å². The van der Waals surface area contributed by atoms with Crippen LogP contribution in [0.5, 0.6) is 0 Å². The van der Waals surface area contributed by atoms with Crippen molar-refractivity contribution in [1.29, 1.82) is 0 Å². The Morgan fingerprint density at radius 3 is 1.53 bits per heavy atom. The smallest absolute Gasteiger partial charge is 0.187 e. The molecule has 0 amide bonds. The Morgan fingerprint density at radius 2 is 1.07 bits per heavy atom. The quantitative estimate of drug-likeness (QED) is 0.435. The topological polar surface area (TPSA) is 113 Å². The molecule has 0 saturated carbocycles. The number of aliphatic hydroxyl groups is 1. The first kappa shape index (κ1) is 25.8. The van der Waals surface area contributed by atoms with Crippen LogP contribution in [0.3, 0.4) is 0 Å². The second-order valence-corrected chi connectivity index (χ2v) is 7.06. The second-order valence-electron chi connectivity index (χ2n) is 7.06. The van der Waals surface area contributed by atoms with Crippen molar-refractivity contribution in [3.63, 3.8) is 0 Å². The van der Waals surface area contributed by atoms with E-state index in [0.29, 0.717) is 0 Å². The molecule has 11 nitrogen and oxygen atoms in total. The third kappa shape index (κ3) is 5.30. The Morgan fingerprint density at radius 1 is 0.567 bits per heavy atom. The first-order chi connectivity index (χ1) is 14.5. The van der Waals surface area contributed by atoms with Gasteiger partial charge in [-0.25, -0.2) is 0 Å². The normalized spacial score (nSPS) is 42.4. The van der Waals surface area contributed by atoms with Gasteiger partial charge in [0, 0.05) is 49.8 Å². The molecule has 10 atom stereocenters. The Kier molecular flexibility index (Phi) is 10.8. The number of hydrogen-bond acceptors (Lipinski definition) is 11. The van der Waals surface area contributed by atoms with E-state index in [4.69, 9.17) is 47.4 Å². The van der Waals surface area contributed by atoms with Gasteiger partial charge >= 0.3 is 0 Å². The van der Waals surface area contributed by atoms with Gasteiger partial charge in [0.25, 0.3) is 0 Å². The van der Waals surface area contributed by atoms with Crippen LogP contribution in [-0.4, -0.2) is 130 Å². The minimum atomic E-state index is -0.872. The molecule has 0 aromatic rings. The van der Waals surface area contributed by atoms with Gasteiger partial charge in [0.05, 0.1) is 13.2 Å². The Hall–Kier alpha value is -0.440. The summed E-state index contributed by atoms with van der Waals surface area (Å²) >= 11 is 0. The van der Waals surface area contributed by atoms with E-state index < -0.39 is 61.4 Å². The summed E-state index contributed by atoms with van der Waals surface area (Å²) in [4.78, 5) is 0. The summed E-state index contributed by atoms with van der Waals surface area (Å²) in [5.41, 5.74) is 0. The molecule has 2 aliphatic heterocycles. The average molecular weight is 440 g/mol. The van der Waals surface area contributed by atoms with Gasteiger partial charge in [-0.2, -0.15) is 0 Å². The summed E-state index contributed by atoms with van der Waals surface area (Å²) in [6, 6.07) is 0. The number of hydrogen-bond donors (Lipinski definition) is 1. The molecule has 0 spiro atoms. The van der Waals surface area contributed by atoms with Crippen LogP contribution in [0.25, 0.3) is 0 Å². The summed E-state index contributed by atoms with van der Waals surface area (Å²) in [6.45, 7) is -0.0551. The Bertz CT molecular complexity index is 481. The molecule has 2 heterocycles. The lowest BCUT2D eigenvalue weighted by Crippen LogP contribution is -2.66. The second kappa shape index (κ2) is 12.6. The molecule has 0 aromatic heterocycles. The molecule has 2 fully saturated rings. The molecule has 2 aliphatic rings. The predicted octanol–water partition coefficient (Wildman–Crippen LogP) is -0.818. The van der Waals surface area contributed by atoms with Crippen molar-refractivity contribution in [2.75, 3.05) is 63.0 Å². The highest BCUT2D eigenvalue weighted by Crippen LogP contribution is 2.33. The van der Waals surface area contributed by atoms with Crippen LogP contribution in [0.15, 0.2) is 0 Å². The molecule has 1 N–H and O–H groups in total. The lowest BCUT2D eigenvalue weighted by Gasteiger charge is -2.49. The van der Waals surface area contributed by atoms with Gasteiger partial charge in [-0.15, -0.1) is 0 Å². The lowest BCUT2D eigenvalue weighted by atomic mass is 9.96. The van der Waals surface area contributed by atoms with Crippen molar-refractivity contribution in [3.8, 4) is 0 Å². The van der Waals surface area contributed by atoms with Crippen LogP contribution >= 0.6 is 0 Å². The maximum Gasteiger partial charge on any atom is 0.187 e. The van der Waals surface area contributed by atoms with Crippen LogP contribution in [-0.2, 0) is 47.4 Å². The van der Waals surface area contributed by atoms with Crippen molar-refractivity contribution >= 4 is 0 Å². The zero-order chi connectivity index (χ0) is 22.3. The van der Waals surface area contributed by atoms with Gasteiger partial charge in [0.1, 0.15) is 48.8 Å². The first-order valence-corrected chi connectivity index (χ1v) is 9.77. The van der Waals surface area contributed by atoms with Crippen molar-refractivity contribution in [3.05, 3.63) is 0 Å². The molecule has 0 radical (unpaired) electrons. The van der Waals surface area contributed by atoms with E-state index in [9.17, 15) is 5.11 Å². The molecule has 11 heteroatoms. The van der Waals surface area contributed by atoms with Crippen LogP contribution in [0.4, 0.5) is 0 Å². The maximum atomic E-state index is 9.92. The zero-order valence-corrected chi connectivity index (χ0v) is 18.7. The highest BCUT2D eigenvalue weighted by Gasteiger charge is 2.53. The SMILES string of the molecule is COC[C@@H]1O[C@H](O[C@H]2[C@H](OC)[C@@H](OC)[C@H](OC)O[C@@H]2CO)[C@H](OC)[C@@H](OC)[C@@H]1OC. The van der Waals surface area contributed by atoms with Gasteiger partial charge in [-0.05, 0) is 0 Å². The monoisotopic (exact) mass is 440 g/mol. The highest BCUT2D eigenvalue weighted by molar-refractivity contribution is 4.96. The summed E-state index contributed by atoms with van der Waals surface area (Å²) in [7, 11) is 10.8. The van der Waals surface area contributed by atoms with Crippen molar-refractivity contribution in [2.24, 2.45) is 0 Å². The van der Waals surface area contributed by atoms with E-state index in [0.717, 1.165) is 0 Å². The molecule has 2 saturated heterocycles. The molecule has 0 aliphatic carbocycles. The molecular formula is C19H36O11. The highest BCUT2D eigenvalue weighted by atomic mass is 16.8. The van der Waals surface area contributed by atoms with E-state index in [-0.39, 0.29) is 13.2 Å². The van der Waals surface area contributed by atoms with Crippen LogP contribution in [0.1, 0.15) is 0 Å². The summed E-state index contributed by atoms with van der Waals surface area (Å²) in [5.74, 6) is 0. The van der Waals surface area contributed by atoms with E-state index >= 15 is 0 Å². The average Bonchev–Trinajstić information content (AvgIpc) is 2.77. The Labute approximate surface area is 177 Å². The van der Waals surface area contributed by atoms with E-state index in [2.05, 4.69) is 0 Å². The summed E-state index contributed by atoms with van der Waals surface area (Å²) < 4.78 is 56.9. The molecule has 0 unspecified atom stereocenters. The number of methoxy groups -OCH3 is 7. The number of rotatable bonds is 11. The van der Waals surface area contributed by atoms with Crippen molar-refractivity contribution in [1.82, 2.24) is 0 Å². The standard InChI is InChI=1S/C19H36O11/c1-21-9-11-12(22-2)14(23-3)17(26-6)19(29-11)30-13-10(8-20)28-18(27-7)16(25-5)15(13)24-4/h10-20H,8-9H2,1-7H3/t10-,11+,12-,13-,14+,15+,16-,17-,18-,19-/m1/s1. The fraction of sp³-hybridized carbons (Fsp3) is 1.00. The summed E-state index contributed by atoms with van der Waals surface area (Å²) in [5, 5.41) is 9.92. The van der Waals surface area contributed by atoms with Gasteiger partial charge in [0.15, 0.2) is 12.6 Å².